The van der Waals surface area contributed by atoms with E-state index in [0.29, 0.717) is 12.0 Å². The predicted molar refractivity (Wildman–Crippen MR) is 73.3 cm³/mol. The lowest BCUT2D eigenvalue weighted by Crippen LogP contribution is -2.41. The molecule has 1 fully saturated rings. The van der Waals surface area contributed by atoms with Crippen LogP contribution in [0, 0.1) is 11.7 Å². The Morgan fingerprint density at radius 2 is 2.26 bits per heavy atom. The average molecular weight is 264 g/mol. The van der Waals surface area contributed by atoms with E-state index in [-0.39, 0.29) is 23.7 Å². The van der Waals surface area contributed by atoms with Crippen molar-refractivity contribution in [1.82, 2.24) is 10.2 Å². The molecule has 2 rings (SSSR count). The van der Waals surface area contributed by atoms with Gasteiger partial charge in [-0.3, -0.25) is 4.79 Å². The fourth-order valence-corrected chi connectivity index (χ4v) is 2.58. The van der Waals surface area contributed by atoms with Gasteiger partial charge in [0.05, 0.1) is 0 Å². The fourth-order valence-electron chi connectivity index (χ4n) is 2.58. The number of halogens is 1. The number of hydrogen-bond donors (Lipinski definition) is 1. The summed E-state index contributed by atoms with van der Waals surface area (Å²) in [6, 6.07) is 6.94. The molecule has 1 saturated heterocycles. The number of nitrogens with zero attached hydrogens (tertiary/aromatic N) is 1. The zero-order chi connectivity index (χ0) is 13.8. The average Bonchev–Trinajstić information content (AvgIpc) is 2.93. The molecule has 0 bridgehead atoms. The summed E-state index contributed by atoms with van der Waals surface area (Å²) in [5.41, 5.74) is 0.612. The highest BCUT2D eigenvalue weighted by atomic mass is 19.1. The predicted octanol–water partition coefficient (Wildman–Crippen LogP) is 1.82. The molecule has 0 saturated carbocycles. The number of nitrogens with one attached hydrogen (secondary N) is 1. The van der Waals surface area contributed by atoms with E-state index in [2.05, 4.69) is 5.32 Å². The van der Waals surface area contributed by atoms with Gasteiger partial charge < -0.3 is 10.2 Å². The summed E-state index contributed by atoms with van der Waals surface area (Å²) in [7, 11) is 1.85. The van der Waals surface area contributed by atoms with Gasteiger partial charge in [-0.05, 0) is 31.0 Å². The smallest absolute Gasteiger partial charge is 0.225 e. The molecule has 0 spiro atoms. The molecule has 0 radical (unpaired) electrons. The lowest BCUT2D eigenvalue weighted by molar-refractivity contribution is -0.135. The second-order valence-corrected chi connectivity index (χ2v) is 5.29. The zero-order valence-electron chi connectivity index (χ0n) is 11.5. The third-order valence-corrected chi connectivity index (χ3v) is 3.84. The van der Waals surface area contributed by atoms with Crippen LogP contribution in [-0.4, -0.2) is 37.0 Å². The quantitative estimate of drug-likeness (QED) is 0.899. The van der Waals surface area contributed by atoms with Gasteiger partial charge in [-0.25, -0.2) is 4.39 Å². The largest absolute Gasteiger partial charge is 0.341 e. The molecule has 0 aromatic heterocycles. The van der Waals surface area contributed by atoms with Crippen molar-refractivity contribution in [3.05, 3.63) is 35.6 Å². The van der Waals surface area contributed by atoms with Crippen LogP contribution in [0.1, 0.15) is 18.9 Å². The molecule has 1 N–H and O–H groups in total. The molecule has 1 aromatic rings. The number of amides is 1. The molecular weight excluding hydrogens is 243 g/mol. The van der Waals surface area contributed by atoms with Crippen LogP contribution in [0.15, 0.2) is 24.3 Å². The van der Waals surface area contributed by atoms with Crippen LogP contribution in [0.2, 0.25) is 0 Å². The Balaban J connectivity index is 1.97. The maximum absolute atomic E-state index is 13.6. The maximum atomic E-state index is 13.6. The first-order valence-electron chi connectivity index (χ1n) is 6.80. The van der Waals surface area contributed by atoms with Gasteiger partial charge in [0.25, 0.3) is 0 Å². The number of carbonyl (C=O) groups is 1. The molecule has 1 aromatic carbocycles. The van der Waals surface area contributed by atoms with E-state index in [1.54, 1.807) is 18.2 Å². The number of rotatable bonds is 4. The standard InChI is InChI=1S/C15H21FN2O/c1-11(9-12-5-3-4-6-14(12)16)15(19)18(2)13-7-8-17-10-13/h3-6,11,13,17H,7-10H2,1-2H3. The molecule has 3 nitrogen and oxygen atoms in total. The van der Waals surface area contributed by atoms with Crippen molar-refractivity contribution in [2.45, 2.75) is 25.8 Å². The molecule has 1 heterocycles. The van der Waals surface area contributed by atoms with E-state index in [4.69, 9.17) is 0 Å². The molecule has 1 aliphatic rings. The molecule has 2 unspecified atom stereocenters. The van der Waals surface area contributed by atoms with Gasteiger partial charge in [-0.15, -0.1) is 0 Å². The van der Waals surface area contributed by atoms with Gasteiger partial charge in [-0.1, -0.05) is 25.1 Å². The Morgan fingerprint density at radius 1 is 1.53 bits per heavy atom. The highest BCUT2D eigenvalue weighted by Crippen LogP contribution is 2.16. The van der Waals surface area contributed by atoms with Gasteiger partial charge in [0.15, 0.2) is 0 Å². The van der Waals surface area contributed by atoms with Crippen molar-refractivity contribution in [2.75, 3.05) is 20.1 Å². The van der Waals surface area contributed by atoms with Crippen molar-refractivity contribution in [1.29, 1.82) is 0 Å². The summed E-state index contributed by atoms with van der Waals surface area (Å²) in [5, 5.41) is 3.25. The molecular formula is C15H21FN2O. The summed E-state index contributed by atoms with van der Waals surface area (Å²) in [4.78, 5) is 14.1. The second kappa shape index (κ2) is 6.15. The van der Waals surface area contributed by atoms with Crippen LogP contribution in [0.25, 0.3) is 0 Å². The Labute approximate surface area is 113 Å². The minimum Gasteiger partial charge on any atom is -0.341 e. The first kappa shape index (κ1) is 14.0. The Kier molecular flexibility index (Phi) is 4.53. The van der Waals surface area contributed by atoms with Crippen LogP contribution in [-0.2, 0) is 11.2 Å². The highest BCUT2D eigenvalue weighted by molar-refractivity contribution is 5.79. The Morgan fingerprint density at radius 3 is 2.89 bits per heavy atom. The molecule has 1 amide bonds. The number of hydrogen-bond acceptors (Lipinski definition) is 2. The lowest BCUT2D eigenvalue weighted by atomic mass is 9.99. The van der Waals surface area contributed by atoms with Crippen molar-refractivity contribution >= 4 is 5.91 Å². The summed E-state index contributed by atoms with van der Waals surface area (Å²) in [5.74, 6) is -0.327. The Hall–Kier alpha value is -1.42. The van der Waals surface area contributed by atoms with Gasteiger partial charge in [0.2, 0.25) is 5.91 Å². The van der Waals surface area contributed by atoms with Gasteiger partial charge >= 0.3 is 0 Å². The van der Waals surface area contributed by atoms with Crippen molar-refractivity contribution in [3.8, 4) is 0 Å². The SMILES string of the molecule is CC(Cc1ccccc1F)C(=O)N(C)C1CCNC1. The maximum Gasteiger partial charge on any atom is 0.225 e. The molecule has 2 atom stereocenters. The first-order valence-corrected chi connectivity index (χ1v) is 6.80. The summed E-state index contributed by atoms with van der Waals surface area (Å²) in [6.45, 7) is 3.69. The van der Waals surface area contributed by atoms with E-state index in [9.17, 15) is 9.18 Å². The second-order valence-electron chi connectivity index (χ2n) is 5.29. The molecule has 104 valence electrons. The zero-order valence-corrected chi connectivity index (χ0v) is 11.5. The molecule has 0 aliphatic carbocycles. The van der Waals surface area contributed by atoms with Crippen LogP contribution in [0.3, 0.4) is 0 Å². The summed E-state index contributed by atoms with van der Waals surface area (Å²) < 4.78 is 13.6. The van der Waals surface area contributed by atoms with Crippen LogP contribution in [0.4, 0.5) is 4.39 Å². The van der Waals surface area contributed by atoms with Gasteiger partial charge in [0, 0.05) is 25.6 Å². The van der Waals surface area contributed by atoms with E-state index in [1.807, 2.05) is 18.9 Å². The van der Waals surface area contributed by atoms with Crippen molar-refractivity contribution < 1.29 is 9.18 Å². The summed E-state index contributed by atoms with van der Waals surface area (Å²) in [6.07, 6.45) is 1.45. The number of likely N-dealkylation sites (N-methyl/N-ethyl adjacent to an activating group) is 1. The molecule has 1 aliphatic heterocycles. The van der Waals surface area contributed by atoms with Crippen LogP contribution < -0.4 is 5.32 Å². The van der Waals surface area contributed by atoms with E-state index >= 15 is 0 Å². The van der Waals surface area contributed by atoms with Crippen LogP contribution in [0.5, 0.6) is 0 Å². The minimum absolute atomic E-state index is 0.0944. The van der Waals surface area contributed by atoms with E-state index in [1.165, 1.54) is 6.07 Å². The van der Waals surface area contributed by atoms with E-state index < -0.39 is 0 Å². The van der Waals surface area contributed by atoms with Crippen molar-refractivity contribution in [2.24, 2.45) is 5.92 Å². The minimum atomic E-state index is -0.229. The summed E-state index contributed by atoms with van der Waals surface area (Å²) >= 11 is 0. The molecule has 4 heteroatoms. The highest BCUT2D eigenvalue weighted by Gasteiger charge is 2.26. The normalized spacial score (nSPS) is 20.3. The fraction of sp³-hybridized carbons (Fsp3) is 0.533. The first-order chi connectivity index (χ1) is 9.09. The van der Waals surface area contributed by atoms with Gasteiger partial charge in [0.1, 0.15) is 5.82 Å². The van der Waals surface area contributed by atoms with E-state index in [0.717, 1.165) is 19.5 Å². The lowest BCUT2D eigenvalue weighted by Gasteiger charge is -2.27. The number of carbonyl (C=O) groups excluding carboxylic acids is 1. The molecule has 19 heavy (non-hydrogen) atoms. The number of benzene rings is 1. The third-order valence-electron chi connectivity index (χ3n) is 3.84. The van der Waals surface area contributed by atoms with Crippen molar-refractivity contribution in [3.63, 3.8) is 0 Å². The van der Waals surface area contributed by atoms with Gasteiger partial charge in [-0.2, -0.15) is 0 Å². The Bertz CT molecular complexity index is 444. The van der Waals surface area contributed by atoms with Crippen LogP contribution >= 0.6 is 0 Å². The topological polar surface area (TPSA) is 32.3 Å². The third kappa shape index (κ3) is 3.32. The monoisotopic (exact) mass is 264 g/mol.